The first kappa shape index (κ1) is 15.0. The van der Waals surface area contributed by atoms with Crippen LogP contribution < -0.4 is 15.8 Å². The van der Waals surface area contributed by atoms with Gasteiger partial charge in [-0.1, -0.05) is 30.3 Å². The van der Waals surface area contributed by atoms with Crippen molar-refractivity contribution in [2.24, 2.45) is 5.73 Å². The number of hydrogen-bond acceptors (Lipinski definition) is 4. The summed E-state index contributed by atoms with van der Waals surface area (Å²) in [6.07, 6.45) is 0. The molecule has 2 aromatic rings. The number of para-hydroxylation sites is 3. The third kappa shape index (κ3) is 4.91. The fourth-order valence-corrected chi connectivity index (χ4v) is 1.71. The maximum atomic E-state index is 11.8. The van der Waals surface area contributed by atoms with E-state index >= 15 is 0 Å². The van der Waals surface area contributed by atoms with Gasteiger partial charge in [0, 0.05) is 6.54 Å². The van der Waals surface area contributed by atoms with Gasteiger partial charge in [-0.15, -0.1) is 0 Å². The average molecular weight is 286 g/mol. The Morgan fingerprint density at radius 3 is 2.52 bits per heavy atom. The molecule has 5 nitrogen and oxygen atoms in total. The number of carbonyl (C=O) groups excluding carboxylic acids is 1. The van der Waals surface area contributed by atoms with Gasteiger partial charge in [0.25, 0.3) is 0 Å². The molecule has 0 heterocycles. The molecule has 0 fully saturated rings. The van der Waals surface area contributed by atoms with E-state index in [-0.39, 0.29) is 12.5 Å². The molecule has 0 atom stereocenters. The van der Waals surface area contributed by atoms with E-state index in [9.17, 15) is 4.79 Å². The SMILES string of the molecule is NCCOCC(=O)Nc1ccccc1Oc1ccccc1. The molecule has 2 aromatic carbocycles. The van der Waals surface area contributed by atoms with Gasteiger partial charge in [0.15, 0.2) is 5.75 Å². The molecule has 1 amide bonds. The Bertz CT molecular complexity index is 573. The summed E-state index contributed by atoms with van der Waals surface area (Å²) in [5.41, 5.74) is 5.90. The molecule has 0 radical (unpaired) electrons. The van der Waals surface area contributed by atoms with Crippen LogP contribution in [-0.2, 0) is 9.53 Å². The van der Waals surface area contributed by atoms with E-state index in [0.717, 1.165) is 0 Å². The predicted octanol–water partition coefficient (Wildman–Crippen LogP) is 2.39. The second-order valence-corrected chi connectivity index (χ2v) is 4.30. The van der Waals surface area contributed by atoms with Crippen LogP contribution in [0.1, 0.15) is 0 Å². The number of hydrogen-bond donors (Lipinski definition) is 2. The number of ether oxygens (including phenoxy) is 2. The zero-order valence-electron chi connectivity index (χ0n) is 11.6. The van der Waals surface area contributed by atoms with Crippen LogP contribution in [0, 0.1) is 0 Å². The molecule has 5 heteroatoms. The van der Waals surface area contributed by atoms with Gasteiger partial charge in [-0.3, -0.25) is 4.79 Å². The van der Waals surface area contributed by atoms with Crippen molar-refractivity contribution in [2.45, 2.75) is 0 Å². The summed E-state index contributed by atoms with van der Waals surface area (Å²) in [5, 5.41) is 2.76. The zero-order valence-corrected chi connectivity index (χ0v) is 11.6. The second-order valence-electron chi connectivity index (χ2n) is 4.30. The number of nitrogens with two attached hydrogens (primary N) is 1. The van der Waals surface area contributed by atoms with Crippen molar-refractivity contribution in [3.63, 3.8) is 0 Å². The Hall–Kier alpha value is -2.37. The highest BCUT2D eigenvalue weighted by atomic mass is 16.5. The van der Waals surface area contributed by atoms with Gasteiger partial charge in [0.1, 0.15) is 12.4 Å². The zero-order chi connectivity index (χ0) is 14.9. The van der Waals surface area contributed by atoms with Crippen LogP contribution in [0.5, 0.6) is 11.5 Å². The first-order valence-corrected chi connectivity index (χ1v) is 6.69. The molecule has 21 heavy (non-hydrogen) atoms. The summed E-state index contributed by atoms with van der Waals surface area (Å²) in [5.74, 6) is 1.04. The van der Waals surface area contributed by atoms with Gasteiger partial charge < -0.3 is 20.5 Å². The summed E-state index contributed by atoms with van der Waals surface area (Å²) >= 11 is 0. The first-order chi connectivity index (χ1) is 10.3. The molecule has 0 saturated carbocycles. The fourth-order valence-electron chi connectivity index (χ4n) is 1.71. The van der Waals surface area contributed by atoms with Crippen LogP contribution in [0.25, 0.3) is 0 Å². The average Bonchev–Trinajstić information content (AvgIpc) is 2.51. The highest BCUT2D eigenvalue weighted by molar-refractivity contribution is 5.93. The van der Waals surface area contributed by atoms with Crippen molar-refractivity contribution in [1.29, 1.82) is 0 Å². The number of nitrogens with one attached hydrogen (secondary N) is 1. The fraction of sp³-hybridized carbons (Fsp3) is 0.188. The summed E-state index contributed by atoms with van der Waals surface area (Å²) in [7, 11) is 0. The van der Waals surface area contributed by atoms with Gasteiger partial charge in [-0.2, -0.15) is 0 Å². The van der Waals surface area contributed by atoms with Crippen LogP contribution in [-0.4, -0.2) is 25.7 Å². The third-order valence-corrected chi connectivity index (χ3v) is 2.63. The van der Waals surface area contributed by atoms with Gasteiger partial charge in [-0.25, -0.2) is 0 Å². The van der Waals surface area contributed by atoms with Gasteiger partial charge >= 0.3 is 0 Å². The van der Waals surface area contributed by atoms with Crippen molar-refractivity contribution in [2.75, 3.05) is 25.1 Å². The summed E-state index contributed by atoms with van der Waals surface area (Å²) in [6.45, 7) is 0.716. The molecule has 0 spiro atoms. The number of rotatable bonds is 7. The van der Waals surface area contributed by atoms with Crippen LogP contribution in [0.4, 0.5) is 5.69 Å². The van der Waals surface area contributed by atoms with E-state index in [1.165, 1.54) is 0 Å². The second kappa shape index (κ2) is 8.04. The largest absolute Gasteiger partial charge is 0.455 e. The number of benzene rings is 2. The quantitative estimate of drug-likeness (QED) is 0.766. The summed E-state index contributed by atoms with van der Waals surface area (Å²) in [4.78, 5) is 11.8. The molecule has 110 valence electrons. The molecule has 2 rings (SSSR count). The van der Waals surface area contributed by atoms with Gasteiger partial charge in [0.2, 0.25) is 5.91 Å². The Kier molecular flexibility index (Phi) is 5.75. The lowest BCUT2D eigenvalue weighted by Crippen LogP contribution is -2.20. The molecule has 3 N–H and O–H groups in total. The van der Waals surface area contributed by atoms with E-state index in [4.69, 9.17) is 15.2 Å². The monoisotopic (exact) mass is 286 g/mol. The Morgan fingerprint density at radius 2 is 1.76 bits per heavy atom. The van der Waals surface area contributed by atoms with Crippen molar-refractivity contribution in [3.8, 4) is 11.5 Å². The molecule has 0 aliphatic rings. The first-order valence-electron chi connectivity index (χ1n) is 6.69. The molecule has 0 aromatic heterocycles. The van der Waals surface area contributed by atoms with E-state index in [2.05, 4.69) is 5.32 Å². The van der Waals surface area contributed by atoms with Crippen molar-refractivity contribution in [3.05, 3.63) is 54.6 Å². The van der Waals surface area contributed by atoms with E-state index in [1.807, 2.05) is 42.5 Å². The highest BCUT2D eigenvalue weighted by Gasteiger charge is 2.08. The molecule has 0 saturated heterocycles. The van der Waals surface area contributed by atoms with E-state index < -0.39 is 0 Å². The summed E-state index contributed by atoms with van der Waals surface area (Å²) < 4.78 is 10.9. The molecule has 0 unspecified atom stereocenters. The van der Waals surface area contributed by atoms with Crippen molar-refractivity contribution in [1.82, 2.24) is 0 Å². The van der Waals surface area contributed by atoms with Gasteiger partial charge in [0.05, 0.1) is 12.3 Å². The molecule has 0 aliphatic heterocycles. The highest BCUT2D eigenvalue weighted by Crippen LogP contribution is 2.28. The predicted molar refractivity (Wildman–Crippen MR) is 81.5 cm³/mol. The van der Waals surface area contributed by atoms with Gasteiger partial charge in [-0.05, 0) is 24.3 Å². The summed E-state index contributed by atoms with van der Waals surface area (Å²) in [6, 6.07) is 16.6. The van der Waals surface area contributed by atoms with Crippen LogP contribution in [0.3, 0.4) is 0 Å². The Morgan fingerprint density at radius 1 is 1.05 bits per heavy atom. The minimum absolute atomic E-state index is 0.0309. The normalized spacial score (nSPS) is 10.1. The Balaban J connectivity index is 2.01. The standard InChI is InChI=1S/C16H18N2O3/c17-10-11-20-12-16(19)18-14-8-4-5-9-15(14)21-13-6-2-1-3-7-13/h1-9H,10-12,17H2,(H,18,19). The molecular weight excluding hydrogens is 268 g/mol. The third-order valence-electron chi connectivity index (χ3n) is 2.63. The van der Waals surface area contributed by atoms with Crippen molar-refractivity contribution >= 4 is 11.6 Å². The smallest absolute Gasteiger partial charge is 0.250 e. The number of amides is 1. The van der Waals surface area contributed by atoms with Crippen LogP contribution in [0.15, 0.2) is 54.6 Å². The molecule has 0 bridgehead atoms. The lowest BCUT2D eigenvalue weighted by Gasteiger charge is -2.12. The Labute approximate surface area is 123 Å². The minimum Gasteiger partial charge on any atom is -0.455 e. The number of carbonyl (C=O) groups is 1. The van der Waals surface area contributed by atoms with E-state index in [1.54, 1.807) is 12.1 Å². The van der Waals surface area contributed by atoms with Crippen LogP contribution in [0.2, 0.25) is 0 Å². The lowest BCUT2D eigenvalue weighted by atomic mass is 10.3. The minimum atomic E-state index is -0.243. The van der Waals surface area contributed by atoms with Crippen LogP contribution >= 0.6 is 0 Å². The maximum absolute atomic E-state index is 11.8. The van der Waals surface area contributed by atoms with E-state index in [0.29, 0.717) is 30.3 Å². The molecule has 0 aliphatic carbocycles. The maximum Gasteiger partial charge on any atom is 0.250 e. The number of anilines is 1. The lowest BCUT2D eigenvalue weighted by molar-refractivity contribution is -0.120. The topological polar surface area (TPSA) is 73.6 Å². The molecular formula is C16H18N2O3. The van der Waals surface area contributed by atoms with Crippen molar-refractivity contribution < 1.29 is 14.3 Å².